The standard InChI is InChI=1S/C33H41N3O4/c1-25-18-19-26(2)31(23-25)40-24-33(37)34-20-10-4-5-17-32-35-27-13-6-7-14-28(27)36(32)21-11-12-22-39-30-16-9-8-15-29(30)38-3/h6-9,13-16,18-19,23H,4-5,10-12,17,20-22,24H2,1-3H3,(H,34,37). The molecule has 40 heavy (non-hydrogen) atoms. The zero-order valence-corrected chi connectivity index (χ0v) is 23.9. The van der Waals surface area contributed by atoms with Gasteiger partial charge in [0, 0.05) is 19.5 Å². The van der Waals surface area contributed by atoms with Gasteiger partial charge in [-0.25, -0.2) is 4.98 Å². The van der Waals surface area contributed by atoms with Crippen LogP contribution in [-0.4, -0.2) is 42.3 Å². The minimum absolute atomic E-state index is 0.0399. The van der Waals surface area contributed by atoms with Gasteiger partial charge < -0.3 is 24.1 Å². The first-order valence-electron chi connectivity index (χ1n) is 14.2. The first-order valence-corrected chi connectivity index (χ1v) is 14.2. The average molecular weight is 544 g/mol. The Morgan fingerprint density at radius 2 is 1.65 bits per heavy atom. The van der Waals surface area contributed by atoms with Gasteiger partial charge in [-0.3, -0.25) is 4.79 Å². The monoisotopic (exact) mass is 543 g/mol. The highest BCUT2D eigenvalue weighted by molar-refractivity contribution is 5.77. The number of aryl methyl sites for hydroxylation is 4. The second kappa shape index (κ2) is 15.0. The Balaban J connectivity index is 1.18. The molecule has 0 saturated carbocycles. The molecule has 1 heterocycles. The summed E-state index contributed by atoms with van der Waals surface area (Å²) < 4.78 is 19.4. The number of rotatable bonds is 16. The van der Waals surface area contributed by atoms with Crippen molar-refractivity contribution < 1.29 is 19.0 Å². The van der Waals surface area contributed by atoms with E-state index >= 15 is 0 Å². The number of hydrogen-bond acceptors (Lipinski definition) is 5. The van der Waals surface area contributed by atoms with Gasteiger partial charge in [0.15, 0.2) is 18.1 Å². The minimum atomic E-state index is -0.0858. The summed E-state index contributed by atoms with van der Waals surface area (Å²) in [7, 11) is 1.66. The van der Waals surface area contributed by atoms with E-state index in [4.69, 9.17) is 19.2 Å². The van der Waals surface area contributed by atoms with Crippen molar-refractivity contribution in [2.45, 2.75) is 58.9 Å². The molecule has 1 amide bonds. The molecule has 212 valence electrons. The van der Waals surface area contributed by atoms with E-state index < -0.39 is 0 Å². The highest BCUT2D eigenvalue weighted by Crippen LogP contribution is 2.26. The van der Waals surface area contributed by atoms with Crippen LogP contribution in [0, 0.1) is 13.8 Å². The number of carbonyl (C=O) groups excluding carboxylic acids is 1. The van der Waals surface area contributed by atoms with Crippen molar-refractivity contribution in [1.82, 2.24) is 14.9 Å². The van der Waals surface area contributed by atoms with Gasteiger partial charge in [-0.1, -0.05) is 42.8 Å². The topological polar surface area (TPSA) is 74.6 Å². The number of imidazole rings is 1. The highest BCUT2D eigenvalue weighted by Gasteiger charge is 2.11. The van der Waals surface area contributed by atoms with Crippen molar-refractivity contribution in [3.05, 3.63) is 83.7 Å². The van der Waals surface area contributed by atoms with Crippen molar-refractivity contribution in [3.63, 3.8) is 0 Å². The molecule has 0 saturated heterocycles. The molecule has 1 N–H and O–H groups in total. The maximum atomic E-state index is 12.2. The summed E-state index contributed by atoms with van der Waals surface area (Å²) in [4.78, 5) is 17.1. The molecule has 0 radical (unpaired) electrons. The van der Waals surface area contributed by atoms with Gasteiger partial charge in [0.1, 0.15) is 11.6 Å². The molecular weight excluding hydrogens is 502 g/mol. The summed E-state index contributed by atoms with van der Waals surface area (Å²) >= 11 is 0. The summed E-state index contributed by atoms with van der Waals surface area (Å²) in [5.41, 5.74) is 4.37. The molecule has 0 aliphatic heterocycles. The van der Waals surface area contributed by atoms with Gasteiger partial charge >= 0.3 is 0 Å². The second-order valence-electron chi connectivity index (χ2n) is 10.1. The molecule has 7 nitrogen and oxygen atoms in total. The van der Waals surface area contributed by atoms with Gasteiger partial charge in [-0.15, -0.1) is 0 Å². The zero-order chi connectivity index (χ0) is 28.2. The van der Waals surface area contributed by atoms with Gasteiger partial charge in [0.05, 0.1) is 24.8 Å². The van der Waals surface area contributed by atoms with Crippen molar-refractivity contribution in [2.24, 2.45) is 0 Å². The van der Waals surface area contributed by atoms with Crippen LogP contribution in [-0.2, 0) is 17.8 Å². The summed E-state index contributed by atoms with van der Waals surface area (Å²) in [5.74, 6) is 3.34. The number of benzene rings is 3. The lowest BCUT2D eigenvalue weighted by molar-refractivity contribution is -0.123. The van der Waals surface area contributed by atoms with Crippen LogP contribution < -0.4 is 19.5 Å². The van der Waals surface area contributed by atoms with Crippen LogP contribution in [0.4, 0.5) is 0 Å². The Hall–Kier alpha value is -4.00. The van der Waals surface area contributed by atoms with Crippen LogP contribution in [0.1, 0.15) is 49.1 Å². The quantitative estimate of drug-likeness (QED) is 0.165. The fourth-order valence-electron chi connectivity index (χ4n) is 4.73. The van der Waals surface area contributed by atoms with Crippen LogP contribution in [0.15, 0.2) is 66.7 Å². The summed E-state index contributed by atoms with van der Waals surface area (Å²) in [6.45, 7) is 6.24. The van der Waals surface area contributed by atoms with E-state index in [-0.39, 0.29) is 12.5 Å². The van der Waals surface area contributed by atoms with Gasteiger partial charge in [-0.05, 0) is 81.0 Å². The predicted molar refractivity (Wildman–Crippen MR) is 159 cm³/mol. The minimum Gasteiger partial charge on any atom is -0.493 e. The largest absolute Gasteiger partial charge is 0.493 e. The van der Waals surface area contributed by atoms with Crippen LogP contribution in [0.2, 0.25) is 0 Å². The van der Waals surface area contributed by atoms with Crippen molar-refractivity contribution >= 4 is 16.9 Å². The Morgan fingerprint density at radius 1 is 0.850 bits per heavy atom. The smallest absolute Gasteiger partial charge is 0.257 e. The number of methoxy groups -OCH3 is 1. The lowest BCUT2D eigenvalue weighted by Gasteiger charge is -2.12. The maximum absolute atomic E-state index is 12.2. The fourth-order valence-corrected chi connectivity index (χ4v) is 4.73. The molecule has 0 aliphatic rings. The summed E-state index contributed by atoms with van der Waals surface area (Å²) in [6, 6.07) is 22.1. The number of fused-ring (bicyclic) bond motifs is 1. The Kier molecular flexibility index (Phi) is 10.8. The number of nitrogens with one attached hydrogen (secondary N) is 1. The predicted octanol–water partition coefficient (Wildman–Crippen LogP) is 6.43. The van der Waals surface area contributed by atoms with Crippen LogP contribution in [0.5, 0.6) is 17.2 Å². The molecule has 0 aliphatic carbocycles. The van der Waals surface area contributed by atoms with E-state index in [1.54, 1.807) is 7.11 Å². The first kappa shape index (κ1) is 29.0. The second-order valence-corrected chi connectivity index (χ2v) is 10.1. The van der Waals surface area contributed by atoms with E-state index in [9.17, 15) is 4.79 Å². The third-order valence-electron chi connectivity index (χ3n) is 6.94. The molecular formula is C33H41N3O4. The molecule has 4 aromatic rings. The third kappa shape index (κ3) is 8.25. The molecule has 0 spiro atoms. The number of carbonyl (C=O) groups is 1. The molecule has 0 unspecified atom stereocenters. The number of aromatic nitrogens is 2. The van der Waals surface area contributed by atoms with Crippen LogP contribution >= 0.6 is 0 Å². The van der Waals surface area contributed by atoms with E-state index in [0.29, 0.717) is 13.2 Å². The number of nitrogens with zero attached hydrogens (tertiary/aromatic N) is 2. The number of unbranched alkanes of at least 4 members (excludes halogenated alkanes) is 3. The molecule has 0 fully saturated rings. The number of para-hydroxylation sites is 4. The summed E-state index contributed by atoms with van der Waals surface area (Å²) in [5, 5.41) is 2.97. The van der Waals surface area contributed by atoms with Crippen molar-refractivity contribution in [3.8, 4) is 17.2 Å². The lowest BCUT2D eigenvalue weighted by atomic mass is 10.1. The molecule has 1 aromatic heterocycles. The van der Waals surface area contributed by atoms with E-state index in [0.717, 1.165) is 84.8 Å². The molecule has 4 rings (SSSR count). The first-order chi connectivity index (χ1) is 19.5. The Morgan fingerprint density at radius 3 is 2.50 bits per heavy atom. The Bertz CT molecular complexity index is 1380. The number of ether oxygens (including phenoxy) is 3. The van der Waals surface area contributed by atoms with Gasteiger partial charge in [0.25, 0.3) is 5.91 Å². The van der Waals surface area contributed by atoms with E-state index in [1.807, 2.05) is 62.4 Å². The normalized spacial score (nSPS) is 11.0. The SMILES string of the molecule is COc1ccccc1OCCCCn1c(CCCCCNC(=O)COc2cc(C)ccc2C)nc2ccccc21. The van der Waals surface area contributed by atoms with E-state index in [1.165, 1.54) is 5.52 Å². The zero-order valence-electron chi connectivity index (χ0n) is 23.9. The molecule has 0 atom stereocenters. The maximum Gasteiger partial charge on any atom is 0.257 e. The summed E-state index contributed by atoms with van der Waals surface area (Å²) in [6.07, 6.45) is 5.82. The number of amides is 1. The molecule has 0 bridgehead atoms. The number of hydrogen-bond donors (Lipinski definition) is 1. The third-order valence-corrected chi connectivity index (χ3v) is 6.94. The molecule has 7 heteroatoms. The highest BCUT2D eigenvalue weighted by atomic mass is 16.5. The Labute approximate surface area is 237 Å². The van der Waals surface area contributed by atoms with Gasteiger partial charge in [0.2, 0.25) is 0 Å². The van der Waals surface area contributed by atoms with E-state index in [2.05, 4.69) is 28.1 Å². The fraction of sp³-hybridized carbons (Fsp3) is 0.394. The lowest BCUT2D eigenvalue weighted by Crippen LogP contribution is -2.29. The average Bonchev–Trinajstić information content (AvgIpc) is 3.32. The van der Waals surface area contributed by atoms with Crippen LogP contribution in [0.3, 0.4) is 0 Å². The van der Waals surface area contributed by atoms with Crippen molar-refractivity contribution in [2.75, 3.05) is 26.9 Å². The van der Waals surface area contributed by atoms with Crippen LogP contribution in [0.25, 0.3) is 11.0 Å². The van der Waals surface area contributed by atoms with Gasteiger partial charge in [-0.2, -0.15) is 0 Å². The van der Waals surface area contributed by atoms with Crippen molar-refractivity contribution in [1.29, 1.82) is 0 Å². The molecule has 3 aromatic carbocycles.